The van der Waals surface area contributed by atoms with Crippen LogP contribution in [0.3, 0.4) is 0 Å². The summed E-state index contributed by atoms with van der Waals surface area (Å²) in [5, 5.41) is 4.00. The molecule has 0 fully saturated rings. The molecule has 0 spiro atoms. The molecule has 0 aliphatic rings. The number of carbonyl (C=O) groups excluding carboxylic acids is 1. The number of nitrogens with two attached hydrogens (primary N) is 1. The number of fused-ring (bicyclic) bond motifs is 1. The molecule has 1 heterocycles. The van der Waals surface area contributed by atoms with Crippen LogP contribution in [0.5, 0.6) is 0 Å². The number of carbonyl (C=O) groups is 1. The van der Waals surface area contributed by atoms with Gasteiger partial charge in [-0.15, -0.1) is 0 Å². The van der Waals surface area contributed by atoms with Crippen LogP contribution in [-0.2, 0) is 11.3 Å². The maximum atomic E-state index is 11.5. The molecule has 0 saturated heterocycles. The van der Waals surface area contributed by atoms with Crippen molar-refractivity contribution in [2.45, 2.75) is 26.3 Å². The van der Waals surface area contributed by atoms with E-state index in [2.05, 4.69) is 29.1 Å². The van der Waals surface area contributed by atoms with Crippen LogP contribution in [-0.4, -0.2) is 17.0 Å². The quantitative estimate of drug-likeness (QED) is 0.849. The lowest BCUT2D eigenvalue weighted by molar-refractivity contribution is -0.116. The first kappa shape index (κ1) is 12.6. The minimum absolute atomic E-state index is 0.0372. The molecule has 0 atom stereocenters. The molecule has 4 heteroatoms. The zero-order valence-electron chi connectivity index (χ0n) is 10.6. The zero-order valence-corrected chi connectivity index (χ0v) is 10.6. The van der Waals surface area contributed by atoms with Gasteiger partial charge in [-0.25, -0.2) is 0 Å². The van der Waals surface area contributed by atoms with Gasteiger partial charge in [-0.3, -0.25) is 4.79 Å². The summed E-state index contributed by atoms with van der Waals surface area (Å²) in [5.74, 6) is -0.0372. The van der Waals surface area contributed by atoms with Crippen molar-refractivity contribution in [3.8, 4) is 0 Å². The Balaban J connectivity index is 2.20. The van der Waals surface area contributed by atoms with E-state index in [9.17, 15) is 4.79 Å². The Hall–Kier alpha value is -1.81. The second-order valence-electron chi connectivity index (χ2n) is 4.37. The molecule has 0 radical (unpaired) electrons. The monoisotopic (exact) mass is 245 g/mol. The average Bonchev–Trinajstić information content (AvgIpc) is 2.73. The predicted molar refractivity (Wildman–Crippen MR) is 74.5 cm³/mol. The largest absolute Gasteiger partial charge is 0.347 e. The fourth-order valence-electron chi connectivity index (χ4n) is 2.07. The summed E-state index contributed by atoms with van der Waals surface area (Å²) in [6, 6.07) is 8.05. The third kappa shape index (κ3) is 2.71. The second-order valence-corrected chi connectivity index (χ2v) is 4.37. The number of hydrogen-bond acceptors (Lipinski definition) is 2. The van der Waals surface area contributed by atoms with Crippen molar-refractivity contribution in [1.29, 1.82) is 0 Å². The maximum Gasteiger partial charge on any atom is 0.225 e. The Morgan fingerprint density at radius 1 is 1.39 bits per heavy atom. The Morgan fingerprint density at radius 3 is 2.94 bits per heavy atom. The van der Waals surface area contributed by atoms with Gasteiger partial charge in [0.1, 0.15) is 0 Å². The number of hydrogen-bond donors (Lipinski definition) is 2. The fraction of sp³-hybridized carbons (Fsp3) is 0.357. The topological polar surface area (TPSA) is 60.0 Å². The van der Waals surface area contributed by atoms with Gasteiger partial charge in [0.05, 0.1) is 0 Å². The highest BCUT2D eigenvalue weighted by atomic mass is 16.1. The van der Waals surface area contributed by atoms with Crippen LogP contribution in [0.25, 0.3) is 10.9 Å². The molecule has 3 N–H and O–H groups in total. The summed E-state index contributed by atoms with van der Waals surface area (Å²) in [7, 11) is 0. The van der Waals surface area contributed by atoms with Crippen LogP contribution in [0.4, 0.5) is 5.69 Å². The van der Waals surface area contributed by atoms with Gasteiger partial charge < -0.3 is 15.6 Å². The summed E-state index contributed by atoms with van der Waals surface area (Å²) in [5.41, 5.74) is 7.38. The van der Waals surface area contributed by atoms with Gasteiger partial charge in [0.15, 0.2) is 0 Å². The van der Waals surface area contributed by atoms with E-state index in [1.165, 1.54) is 5.52 Å². The molecule has 4 nitrogen and oxygen atoms in total. The number of nitrogens with zero attached hydrogens (tertiary/aromatic N) is 1. The normalized spacial score (nSPS) is 10.8. The van der Waals surface area contributed by atoms with Gasteiger partial charge in [-0.1, -0.05) is 6.92 Å². The molecule has 1 aromatic heterocycles. The van der Waals surface area contributed by atoms with Crippen LogP contribution >= 0.6 is 0 Å². The molecule has 96 valence electrons. The van der Waals surface area contributed by atoms with Crippen molar-refractivity contribution in [3.63, 3.8) is 0 Å². The molecule has 0 bridgehead atoms. The van der Waals surface area contributed by atoms with Crippen molar-refractivity contribution in [2.24, 2.45) is 5.73 Å². The minimum atomic E-state index is -0.0372. The van der Waals surface area contributed by atoms with E-state index in [4.69, 9.17) is 5.73 Å². The van der Waals surface area contributed by atoms with Crippen LogP contribution in [0, 0.1) is 0 Å². The Bertz CT molecular complexity index is 545. The van der Waals surface area contributed by atoms with E-state index in [1.807, 2.05) is 18.2 Å². The summed E-state index contributed by atoms with van der Waals surface area (Å²) in [6.45, 7) is 3.55. The molecule has 0 saturated carbocycles. The lowest BCUT2D eigenvalue weighted by Gasteiger charge is -2.06. The molecular weight excluding hydrogens is 226 g/mol. The van der Waals surface area contributed by atoms with Crippen LogP contribution in [0.2, 0.25) is 0 Å². The number of anilines is 1. The van der Waals surface area contributed by atoms with Crippen molar-refractivity contribution in [3.05, 3.63) is 30.5 Å². The standard InChI is InChI=1S/C14H19N3O/c1-2-8-17-9-6-11-10-12(3-4-13(11)17)16-14(18)5-7-15/h3-4,6,9-10H,2,5,7-8,15H2,1H3,(H,16,18). The molecule has 18 heavy (non-hydrogen) atoms. The molecule has 0 aliphatic heterocycles. The SMILES string of the molecule is CCCn1ccc2cc(NC(=O)CCN)ccc21. The number of benzene rings is 1. The molecule has 1 amide bonds. The molecule has 2 rings (SSSR count). The van der Waals surface area contributed by atoms with Crippen LogP contribution in [0.1, 0.15) is 19.8 Å². The number of aryl methyl sites for hydroxylation is 1. The summed E-state index contributed by atoms with van der Waals surface area (Å²) in [6.07, 6.45) is 3.55. The van der Waals surface area contributed by atoms with Gasteiger partial charge in [0.2, 0.25) is 5.91 Å². The Kier molecular flexibility index (Phi) is 3.99. The lowest BCUT2D eigenvalue weighted by atomic mass is 10.2. The minimum Gasteiger partial charge on any atom is -0.347 e. The lowest BCUT2D eigenvalue weighted by Crippen LogP contribution is -2.16. The van der Waals surface area contributed by atoms with Crippen molar-refractivity contribution in [1.82, 2.24) is 4.57 Å². The van der Waals surface area contributed by atoms with E-state index in [0.717, 1.165) is 24.0 Å². The third-order valence-electron chi connectivity index (χ3n) is 2.89. The fourth-order valence-corrected chi connectivity index (χ4v) is 2.07. The summed E-state index contributed by atoms with van der Waals surface area (Å²) < 4.78 is 2.22. The van der Waals surface area contributed by atoms with Crippen LogP contribution < -0.4 is 11.1 Å². The van der Waals surface area contributed by atoms with Crippen molar-refractivity contribution < 1.29 is 4.79 Å². The highest BCUT2D eigenvalue weighted by Crippen LogP contribution is 2.20. The molecular formula is C14H19N3O. The first-order chi connectivity index (χ1) is 8.74. The summed E-state index contributed by atoms with van der Waals surface area (Å²) in [4.78, 5) is 11.5. The number of nitrogens with one attached hydrogen (secondary N) is 1. The van der Waals surface area contributed by atoms with Crippen molar-refractivity contribution >= 4 is 22.5 Å². The Morgan fingerprint density at radius 2 is 2.22 bits per heavy atom. The predicted octanol–water partition coefficient (Wildman–Crippen LogP) is 2.34. The van der Waals surface area contributed by atoms with E-state index in [-0.39, 0.29) is 5.91 Å². The molecule has 1 aromatic carbocycles. The number of amides is 1. The van der Waals surface area contributed by atoms with E-state index in [1.54, 1.807) is 0 Å². The maximum absolute atomic E-state index is 11.5. The zero-order chi connectivity index (χ0) is 13.0. The molecule has 0 unspecified atom stereocenters. The molecule has 0 aliphatic carbocycles. The van der Waals surface area contributed by atoms with E-state index >= 15 is 0 Å². The van der Waals surface area contributed by atoms with Crippen molar-refractivity contribution in [2.75, 3.05) is 11.9 Å². The third-order valence-corrected chi connectivity index (χ3v) is 2.89. The molecule has 2 aromatic rings. The van der Waals surface area contributed by atoms with Gasteiger partial charge in [0.25, 0.3) is 0 Å². The highest BCUT2D eigenvalue weighted by molar-refractivity contribution is 5.94. The smallest absolute Gasteiger partial charge is 0.225 e. The average molecular weight is 245 g/mol. The first-order valence-corrected chi connectivity index (χ1v) is 6.33. The van der Waals surface area contributed by atoms with E-state index < -0.39 is 0 Å². The first-order valence-electron chi connectivity index (χ1n) is 6.33. The number of aromatic nitrogens is 1. The van der Waals surface area contributed by atoms with Crippen LogP contribution in [0.15, 0.2) is 30.5 Å². The Labute approximate surface area is 107 Å². The highest BCUT2D eigenvalue weighted by Gasteiger charge is 2.04. The van der Waals surface area contributed by atoms with Gasteiger partial charge in [-0.05, 0) is 30.7 Å². The summed E-state index contributed by atoms with van der Waals surface area (Å²) >= 11 is 0. The van der Waals surface area contributed by atoms with Gasteiger partial charge >= 0.3 is 0 Å². The number of rotatable bonds is 5. The van der Waals surface area contributed by atoms with Gasteiger partial charge in [0, 0.05) is 42.3 Å². The van der Waals surface area contributed by atoms with Gasteiger partial charge in [-0.2, -0.15) is 0 Å². The van der Waals surface area contributed by atoms with E-state index in [0.29, 0.717) is 13.0 Å². The second kappa shape index (κ2) is 5.69.